The molecule has 38 heavy (non-hydrogen) atoms. The normalized spacial score (nSPS) is 18.2. The average Bonchev–Trinajstić information content (AvgIpc) is 2.91. The Labute approximate surface area is 230 Å². The van der Waals surface area contributed by atoms with Crippen LogP contribution in [0.4, 0.5) is 0 Å². The molecule has 0 unspecified atom stereocenters. The second-order valence-corrected chi connectivity index (χ2v) is 14.0. The number of halogens is 1. The van der Waals surface area contributed by atoms with Gasteiger partial charge in [-0.3, -0.25) is 4.79 Å². The zero-order chi connectivity index (χ0) is 27.2. The third-order valence-corrected chi connectivity index (χ3v) is 10.9. The Kier molecular flexibility index (Phi) is 9.69. The number of rotatable bonds is 10. The van der Waals surface area contributed by atoms with Gasteiger partial charge in [0.25, 0.3) is 0 Å². The molecule has 9 nitrogen and oxygen atoms in total. The van der Waals surface area contributed by atoms with Gasteiger partial charge in [0.2, 0.25) is 26.0 Å². The molecule has 2 saturated heterocycles. The first-order valence-electron chi connectivity index (χ1n) is 12.9. The van der Waals surface area contributed by atoms with Crippen LogP contribution in [0, 0.1) is 5.92 Å². The molecule has 1 amide bonds. The van der Waals surface area contributed by atoms with E-state index in [1.54, 1.807) is 48.5 Å². The number of hydrogen-bond acceptors (Lipinski definition) is 6. The standard InChI is InChI=1S/C26H34ClN3O6S2/c27-23-6-4-5-21(19-23)20-37(32,33)29-16-11-22(12-17-29)26(31)28-13-18-36-24-7-9-25(10-8-24)38(34,35)30-14-2-1-3-15-30/h4-10,19,22H,1-3,11-18,20H2,(H,28,31). The third kappa shape index (κ3) is 7.47. The lowest BCUT2D eigenvalue weighted by molar-refractivity contribution is -0.126. The van der Waals surface area contributed by atoms with Gasteiger partial charge in [0.05, 0.1) is 17.2 Å². The van der Waals surface area contributed by atoms with Crippen LogP contribution in [0.25, 0.3) is 0 Å². The van der Waals surface area contributed by atoms with E-state index in [1.165, 1.54) is 8.61 Å². The summed E-state index contributed by atoms with van der Waals surface area (Å²) < 4.78 is 59.7. The summed E-state index contributed by atoms with van der Waals surface area (Å²) in [6, 6.07) is 13.1. The minimum atomic E-state index is -3.49. The van der Waals surface area contributed by atoms with Gasteiger partial charge >= 0.3 is 0 Å². The van der Waals surface area contributed by atoms with Crippen molar-refractivity contribution in [1.29, 1.82) is 0 Å². The van der Waals surface area contributed by atoms with Gasteiger partial charge in [0, 0.05) is 37.1 Å². The highest BCUT2D eigenvalue weighted by Crippen LogP contribution is 2.24. The van der Waals surface area contributed by atoms with Crippen molar-refractivity contribution < 1.29 is 26.4 Å². The van der Waals surface area contributed by atoms with Gasteiger partial charge in [0.15, 0.2) is 0 Å². The molecular weight excluding hydrogens is 550 g/mol. The van der Waals surface area contributed by atoms with Crippen molar-refractivity contribution in [3.05, 3.63) is 59.1 Å². The molecular formula is C26H34ClN3O6S2. The van der Waals surface area contributed by atoms with Gasteiger partial charge in [-0.2, -0.15) is 4.31 Å². The molecule has 208 valence electrons. The third-order valence-electron chi connectivity index (χ3n) is 6.90. The number of nitrogens with one attached hydrogen (secondary N) is 1. The molecule has 0 aromatic heterocycles. The average molecular weight is 584 g/mol. The highest BCUT2D eigenvalue weighted by molar-refractivity contribution is 7.89. The van der Waals surface area contributed by atoms with Crippen molar-refractivity contribution in [2.75, 3.05) is 39.3 Å². The Morgan fingerprint density at radius 3 is 2.26 bits per heavy atom. The Balaban J connectivity index is 1.18. The second kappa shape index (κ2) is 12.8. The molecule has 2 fully saturated rings. The molecule has 0 bridgehead atoms. The molecule has 0 aliphatic carbocycles. The van der Waals surface area contributed by atoms with Gasteiger partial charge in [0.1, 0.15) is 12.4 Å². The van der Waals surface area contributed by atoms with E-state index in [1.807, 2.05) is 0 Å². The molecule has 0 spiro atoms. The fraction of sp³-hybridized carbons (Fsp3) is 0.500. The molecule has 4 rings (SSSR count). The predicted octanol–water partition coefficient (Wildman–Crippen LogP) is 3.25. The van der Waals surface area contributed by atoms with Crippen LogP contribution in [0.3, 0.4) is 0 Å². The lowest BCUT2D eigenvalue weighted by Crippen LogP contribution is -2.43. The summed E-state index contributed by atoms with van der Waals surface area (Å²) in [6.07, 6.45) is 3.73. The Morgan fingerprint density at radius 2 is 1.61 bits per heavy atom. The van der Waals surface area contributed by atoms with Gasteiger partial charge in [-0.1, -0.05) is 30.2 Å². The summed E-state index contributed by atoms with van der Waals surface area (Å²) in [5.74, 6) is 0.0258. The fourth-order valence-corrected chi connectivity index (χ4v) is 8.05. The lowest BCUT2D eigenvalue weighted by atomic mass is 9.97. The summed E-state index contributed by atoms with van der Waals surface area (Å²) in [4.78, 5) is 12.8. The maximum atomic E-state index is 12.8. The topological polar surface area (TPSA) is 113 Å². The van der Waals surface area contributed by atoms with E-state index in [2.05, 4.69) is 5.32 Å². The minimum absolute atomic E-state index is 0.118. The molecule has 2 aromatic carbocycles. The number of sulfonamides is 2. The number of piperidine rings is 2. The number of nitrogens with zero attached hydrogens (tertiary/aromatic N) is 2. The number of carbonyl (C=O) groups excluding carboxylic acids is 1. The monoisotopic (exact) mass is 583 g/mol. The molecule has 0 atom stereocenters. The molecule has 1 N–H and O–H groups in total. The van der Waals surface area contributed by atoms with Crippen molar-refractivity contribution in [3.8, 4) is 5.75 Å². The Morgan fingerprint density at radius 1 is 0.921 bits per heavy atom. The Bertz CT molecular complexity index is 1300. The zero-order valence-electron chi connectivity index (χ0n) is 21.2. The van der Waals surface area contributed by atoms with E-state index in [9.17, 15) is 21.6 Å². The quantitative estimate of drug-likeness (QED) is 0.430. The van der Waals surface area contributed by atoms with Gasteiger partial charge < -0.3 is 10.1 Å². The lowest BCUT2D eigenvalue weighted by Gasteiger charge is -2.30. The smallest absolute Gasteiger partial charge is 0.243 e. The molecule has 0 radical (unpaired) electrons. The Hall–Kier alpha value is -2.18. The minimum Gasteiger partial charge on any atom is -0.492 e. The zero-order valence-corrected chi connectivity index (χ0v) is 23.6. The van der Waals surface area contributed by atoms with E-state index in [-0.39, 0.29) is 29.1 Å². The SMILES string of the molecule is O=C(NCCOc1ccc(S(=O)(=O)N2CCCCC2)cc1)C1CCN(S(=O)(=O)Cc2cccc(Cl)c2)CC1. The maximum Gasteiger partial charge on any atom is 0.243 e. The maximum absolute atomic E-state index is 12.8. The first-order valence-corrected chi connectivity index (χ1v) is 16.3. The highest BCUT2D eigenvalue weighted by atomic mass is 35.5. The number of ether oxygens (including phenoxy) is 1. The van der Waals surface area contributed by atoms with Crippen molar-refractivity contribution in [1.82, 2.24) is 13.9 Å². The van der Waals surface area contributed by atoms with Crippen LogP contribution in [-0.2, 0) is 30.6 Å². The van der Waals surface area contributed by atoms with Crippen molar-refractivity contribution in [2.24, 2.45) is 5.92 Å². The summed E-state index contributed by atoms with van der Waals surface area (Å²) >= 11 is 5.96. The van der Waals surface area contributed by atoms with E-state index in [4.69, 9.17) is 16.3 Å². The molecule has 2 aliphatic rings. The van der Waals surface area contributed by atoms with E-state index in [0.29, 0.717) is 61.9 Å². The van der Waals surface area contributed by atoms with Crippen LogP contribution < -0.4 is 10.1 Å². The van der Waals surface area contributed by atoms with E-state index < -0.39 is 20.0 Å². The van der Waals surface area contributed by atoms with Crippen LogP contribution in [-0.4, -0.2) is 70.7 Å². The summed E-state index contributed by atoms with van der Waals surface area (Å²) in [5.41, 5.74) is 0.635. The summed E-state index contributed by atoms with van der Waals surface area (Å²) in [6.45, 7) is 2.22. The number of amides is 1. The largest absolute Gasteiger partial charge is 0.492 e. The van der Waals surface area contributed by atoms with Gasteiger partial charge in [-0.15, -0.1) is 0 Å². The van der Waals surface area contributed by atoms with Crippen molar-refractivity contribution >= 4 is 37.6 Å². The van der Waals surface area contributed by atoms with Crippen LogP contribution in [0.1, 0.15) is 37.7 Å². The second-order valence-electron chi connectivity index (χ2n) is 9.64. The first-order chi connectivity index (χ1) is 18.1. The van der Waals surface area contributed by atoms with Crippen LogP contribution >= 0.6 is 11.6 Å². The molecule has 2 aliphatic heterocycles. The van der Waals surface area contributed by atoms with Crippen LogP contribution in [0.15, 0.2) is 53.4 Å². The van der Waals surface area contributed by atoms with E-state index >= 15 is 0 Å². The molecule has 2 aromatic rings. The number of hydrogen-bond donors (Lipinski definition) is 1. The van der Waals surface area contributed by atoms with Crippen LogP contribution in [0.2, 0.25) is 5.02 Å². The van der Waals surface area contributed by atoms with Gasteiger partial charge in [-0.05, 0) is 67.6 Å². The fourth-order valence-electron chi connectivity index (χ4n) is 4.77. The van der Waals surface area contributed by atoms with Crippen molar-refractivity contribution in [3.63, 3.8) is 0 Å². The van der Waals surface area contributed by atoms with E-state index in [0.717, 1.165) is 19.3 Å². The number of carbonyl (C=O) groups is 1. The number of benzene rings is 2. The summed E-state index contributed by atoms with van der Waals surface area (Å²) in [7, 11) is -6.97. The first kappa shape index (κ1) is 28.8. The van der Waals surface area contributed by atoms with Gasteiger partial charge in [-0.25, -0.2) is 21.1 Å². The predicted molar refractivity (Wildman–Crippen MR) is 146 cm³/mol. The molecule has 0 saturated carbocycles. The van der Waals surface area contributed by atoms with Crippen LogP contribution in [0.5, 0.6) is 5.75 Å². The van der Waals surface area contributed by atoms with Crippen molar-refractivity contribution in [2.45, 2.75) is 42.8 Å². The highest BCUT2D eigenvalue weighted by Gasteiger charge is 2.31. The molecule has 2 heterocycles. The summed E-state index contributed by atoms with van der Waals surface area (Å²) in [5, 5.41) is 3.35. The molecule has 12 heteroatoms.